The molecule has 138 valence electrons. The highest BCUT2D eigenvalue weighted by atomic mass is 16.5. The van der Waals surface area contributed by atoms with Crippen molar-refractivity contribution in [1.29, 1.82) is 0 Å². The van der Waals surface area contributed by atoms with Crippen LogP contribution < -0.4 is 15.4 Å². The second-order valence-corrected chi connectivity index (χ2v) is 7.21. The first-order chi connectivity index (χ1) is 12.7. The number of hydrogen-bond acceptors (Lipinski definition) is 5. The van der Waals surface area contributed by atoms with Crippen molar-refractivity contribution in [2.24, 2.45) is 0 Å². The lowest BCUT2D eigenvalue weighted by molar-refractivity contribution is 0.122. The summed E-state index contributed by atoms with van der Waals surface area (Å²) >= 11 is 0. The van der Waals surface area contributed by atoms with Gasteiger partial charge in [-0.1, -0.05) is 29.8 Å². The second kappa shape index (κ2) is 7.50. The Labute approximate surface area is 153 Å². The molecular weight excluding hydrogens is 328 g/mol. The lowest BCUT2D eigenvalue weighted by Gasteiger charge is -2.30. The molecule has 1 atom stereocenters. The van der Waals surface area contributed by atoms with Crippen LogP contribution in [-0.2, 0) is 11.2 Å². The molecule has 0 saturated carbocycles. The van der Waals surface area contributed by atoms with Crippen molar-refractivity contribution >= 4 is 11.8 Å². The summed E-state index contributed by atoms with van der Waals surface area (Å²) in [7, 11) is 0. The summed E-state index contributed by atoms with van der Waals surface area (Å²) in [6.07, 6.45) is 3.23. The zero-order valence-corrected chi connectivity index (χ0v) is 15.3. The number of nitrogens with one attached hydrogen (secondary N) is 1. The smallest absolute Gasteiger partial charge is 0.254 e. The van der Waals surface area contributed by atoms with Crippen molar-refractivity contribution in [3.63, 3.8) is 0 Å². The van der Waals surface area contributed by atoms with Gasteiger partial charge in [0.05, 0.1) is 13.2 Å². The minimum Gasteiger partial charge on any atom is -0.378 e. The maximum Gasteiger partial charge on any atom is 0.254 e. The van der Waals surface area contributed by atoms with Crippen LogP contribution >= 0.6 is 0 Å². The third kappa shape index (κ3) is 3.75. The van der Waals surface area contributed by atoms with Gasteiger partial charge in [0.25, 0.3) is 5.56 Å². The van der Waals surface area contributed by atoms with Crippen molar-refractivity contribution in [2.45, 2.75) is 32.2 Å². The maximum absolute atomic E-state index is 12.2. The molecule has 1 aromatic carbocycles. The Balaban J connectivity index is 1.56. The SMILES string of the molecule is Cc1ccc(C[C@H]2CCCN2c2nc(N3CCOCC3)cc(=O)[nH]2)cc1. The van der Waals surface area contributed by atoms with Gasteiger partial charge in [-0.05, 0) is 31.7 Å². The van der Waals surface area contributed by atoms with Gasteiger partial charge in [0, 0.05) is 31.7 Å². The van der Waals surface area contributed by atoms with Crippen LogP contribution in [-0.4, -0.2) is 48.9 Å². The van der Waals surface area contributed by atoms with Crippen LogP contribution in [0.15, 0.2) is 35.1 Å². The molecule has 0 aliphatic carbocycles. The molecule has 0 radical (unpaired) electrons. The molecule has 0 bridgehead atoms. The first kappa shape index (κ1) is 17.1. The zero-order chi connectivity index (χ0) is 17.9. The predicted octanol–water partition coefficient (Wildman–Crippen LogP) is 2.13. The van der Waals surface area contributed by atoms with E-state index in [2.05, 4.69) is 46.0 Å². The van der Waals surface area contributed by atoms with Crippen LogP contribution in [0.2, 0.25) is 0 Å². The van der Waals surface area contributed by atoms with Crippen LogP contribution in [0, 0.1) is 6.92 Å². The van der Waals surface area contributed by atoms with Crippen molar-refractivity contribution in [3.05, 3.63) is 51.8 Å². The fourth-order valence-electron chi connectivity index (χ4n) is 3.85. The van der Waals surface area contributed by atoms with Crippen LogP contribution in [0.1, 0.15) is 24.0 Å². The van der Waals surface area contributed by atoms with E-state index in [4.69, 9.17) is 9.72 Å². The van der Waals surface area contributed by atoms with Gasteiger partial charge >= 0.3 is 0 Å². The molecule has 4 rings (SSSR count). The minimum atomic E-state index is -0.0857. The molecule has 0 amide bonds. The van der Waals surface area contributed by atoms with E-state index in [1.807, 2.05) is 0 Å². The van der Waals surface area contributed by atoms with E-state index in [0.29, 0.717) is 25.2 Å². The van der Waals surface area contributed by atoms with Gasteiger partial charge in [-0.3, -0.25) is 9.78 Å². The number of morpholine rings is 1. The summed E-state index contributed by atoms with van der Waals surface area (Å²) in [4.78, 5) is 24.4. The molecule has 1 aromatic heterocycles. The number of nitrogens with zero attached hydrogens (tertiary/aromatic N) is 3. The first-order valence-electron chi connectivity index (χ1n) is 9.45. The molecule has 1 N–H and O–H groups in total. The summed E-state index contributed by atoms with van der Waals surface area (Å²) in [5.41, 5.74) is 2.53. The Kier molecular flexibility index (Phi) is 4.93. The Morgan fingerprint density at radius 2 is 1.96 bits per heavy atom. The number of ether oxygens (including phenoxy) is 1. The van der Waals surface area contributed by atoms with E-state index in [1.54, 1.807) is 6.07 Å². The van der Waals surface area contributed by atoms with Gasteiger partial charge in [0.1, 0.15) is 5.82 Å². The Morgan fingerprint density at radius 3 is 2.73 bits per heavy atom. The second-order valence-electron chi connectivity index (χ2n) is 7.21. The monoisotopic (exact) mass is 354 g/mol. The summed E-state index contributed by atoms with van der Waals surface area (Å²) in [6, 6.07) is 10.7. The molecule has 3 heterocycles. The summed E-state index contributed by atoms with van der Waals surface area (Å²) in [5.74, 6) is 1.46. The van der Waals surface area contributed by atoms with E-state index in [1.165, 1.54) is 11.1 Å². The maximum atomic E-state index is 12.2. The molecule has 2 fully saturated rings. The summed E-state index contributed by atoms with van der Waals surface area (Å²) in [5, 5.41) is 0. The van der Waals surface area contributed by atoms with E-state index in [-0.39, 0.29) is 5.56 Å². The normalized spacial score (nSPS) is 20.6. The Morgan fingerprint density at radius 1 is 1.19 bits per heavy atom. The van der Waals surface area contributed by atoms with Crippen molar-refractivity contribution in [2.75, 3.05) is 42.6 Å². The largest absolute Gasteiger partial charge is 0.378 e. The van der Waals surface area contributed by atoms with Crippen molar-refractivity contribution < 1.29 is 4.74 Å². The number of H-pyrrole nitrogens is 1. The van der Waals surface area contributed by atoms with Crippen LogP contribution in [0.3, 0.4) is 0 Å². The molecule has 0 unspecified atom stereocenters. The van der Waals surface area contributed by atoms with Gasteiger partial charge in [-0.15, -0.1) is 0 Å². The van der Waals surface area contributed by atoms with E-state index < -0.39 is 0 Å². The van der Waals surface area contributed by atoms with Gasteiger partial charge < -0.3 is 14.5 Å². The number of anilines is 2. The number of aromatic amines is 1. The molecule has 2 aliphatic rings. The topological polar surface area (TPSA) is 61.5 Å². The Bertz CT molecular complexity index is 796. The van der Waals surface area contributed by atoms with E-state index >= 15 is 0 Å². The third-order valence-corrected chi connectivity index (χ3v) is 5.29. The highest BCUT2D eigenvalue weighted by Gasteiger charge is 2.27. The number of aromatic nitrogens is 2. The quantitative estimate of drug-likeness (QED) is 0.911. The fourth-order valence-corrected chi connectivity index (χ4v) is 3.85. The number of aryl methyl sites for hydroxylation is 1. The lowest BCUT2D eigenvalue weighted by Crippen LogP contribution is -2.39. The zero-order valence-electron chi connectivity index (χ0n) is 15.3. The summed E-state index contributed by atoms with van der Waals surface area (Å²) < 4.78 is 5.41. The summed E-state index contributed by atoms with van der Waals surface area (Å²) in [6.45, 7) is 5.97. The standard InChI is InChI=1S/C20H26N4O2/c1-15-4-6-16(7-5-15)13-17-3-2-8-24(17)20-21-18(14-19(25)22-20)23-9-11-26-12-10-23/h4-7,14,17H,2-3,8-13H2,1H3,(H,21,22,25)/t17-/m1/s1. The highest BCUT2D eigenvalue weighted by molar-refractivity contribution is 5.45. The molecule has 6 heteroatoms. The molecule has 6 nitrogen and oxygen atoms in total. The fraction of sp³-hybridized carbons (Fsp3) is 0.500. The number of hydrogen-bond donors (Lipinski definition) is 1. The number of rotatable bonds is 4. The van der Waals surface area contributed by atoms with E-state index in [0.717, 1.165) is 44.7 Å². The average molecular weight is 354 g/mol. The molecule has 26 heavy (non-hydrogen) atoms. The average Bonchev–Trinajstić information content (AvgIpc) is 3.12. The predicted molar refractivity (Wildman–Crippen MR) is 103 cm³/mol. The molecular formula is C20H26N4O2. The third-order valence-electron chi connectivity index (χ3n) is 5.29. The highest BCUT2D eigenvalue weighted by Crippen LogP contribution is 2.26. The van der Waals surface area contributed by atoms with Crippen molar-refractivity contribution in [1.82, 2.24) is 9.97 Å². The number of benzene rings is 1. The van der Waals surface area contributed by atoms with Gasteiger partial charge in [0.15, 0.2) is 0 Å². The minimum absolute atomic E-state index is 0.0857. The lowest BCUT2D eigenvalue weighted by atomic mass is 10.0. The van der Waals surface area contributed by atoms with Gasteiger partial charge in [-0.2, -0.15) is 4.98 Å². The Hall–Kier alpha value is -2.34. The first-order valence-corrected chi connectivity index (χ1v) is 9.45. The van der Waals surface area contributed by atoms with Crippen LogP contribution in [0.4, 0.5) is 11.8 Å². The van der Waals surface area contributed by atoms with Crippen molar-refractivity contribution in [3.8, 4) is 0 Å². The molecule has 2 aliphatic heterocycles. The molecule has 0 spiro atoms. The molecule has 2 aromatic rings. The van der Waals surface area contributed by atoms with Crippen LogP contribution in [0.25, 0.3) is 0 Å². The molecule has 2 saturated heterocycles. The van der Waals surface area contributed by atoms with Gasteiger partial charge in [0.2, 0.25) is 5.95 Å². The van der Waals surface area contributed by atoms with Gasteiger partial charge in [-0.25, -0.2) is 0 Å². The van der Waals surface area contributed by atoms with E-state index in [9.17, 15) is 4.79 Å². The van der Waals surface area contributed by atoms with Crippen LogP contribution in [0.5, 0.6) is 0 Å².